The molecule has 0 aromatic heterocycles. The Morgan fingerprint density at radius 2 is 1.78 bits per heavy atom. The van der Waals surface area contributed by atoms with Gasteiger partial charge >= 0.3 is 12.2 Å². The largest absolute Gasteiger partial charge is 0.444 e. The van der Waals surface area contributed by atoms with Gasteiger partial charge in [0.25, 0.3) is 5.91 Å². The van der Waals surface area contributed by atoms with Crippen molar-refractivity contribution in [2.75, 3.05) is 6.54 Å². The number of hydrogen-bond acceptors (Lipinski definition) is 8. The average Bonchev–Trinajstić information content (AvgIpc) is 3.39. The summed E-state index contributed by atoms with van der Waals surface area (Å²) in [5.74, 6) is -1.98. The lowest BCUT2D eigenvalue weighted by atomic mass is 10.0. The second-order valence-electron chi connectivity index (χ2n) is 15.9. The van der Waals surface area contributed by atoms with E-state index >= 15 is 0 Å². The Morgan fingerprint density at radius 1 is 1.02 bits per heavy atom. The monoisotopic (exact) mass is 747 g/mol. The topological polar surface area (TPSA) is 156 Å². The number of carbonyl (C=O) groups is 5. The number of ether oxygens (including phenoxy) is 2. The van der Waals surface area contributed by atoms with E-state index in [1.54, 1.807) is 45.0 Å². The van der Waals surface area contributed by atoms with Gasteiger partial charge in [0.1, 0.15) is 35.1 Å². The number of hydroxylamine groups is 1. The lowest BCUT2D eigenvalue weighted by Crippen LogP contribution is -2.58. The van der Waals surface area contributed by atoms with Gasteiger partial charge in [0.05, 0.1) is 13.1 Å². The molecule has 3 heterocycles. The number of benzene rings is 2. The Labute approximate surface area is 314 Å². The zero-order valence-electron chi connectivity index (χ0n) is 31.5. The predicted octanol–water partition coefficient (Wildman–Crippen LogP) is 5.26. The molecule has 1 aliphatic carbocycles. The summed E-state index contributed by atoms with van der Waals surface area (Å²) in [6, 6.07) is 8.04. The number of allylic oxidation sites excluding steroid dienone is 1. The second-order valence-corrected chi connectivity index (χ2v) is 15.9. The molecular weight excluding hydrogens is 697 g/mol. The zero-order valence-corrected chi connectivity index (χ0v) is 31.5. The van der Waals surface area contributed by atoms with Gasteiger partial charge in [-0.25, -0.2) is 14.0 Å². The maximum atomic E-state index is 14.5. The summed E-state index contributed by atoms with van der Waals surface area (Å²) in [4.78, 5) is 77.3. The van der Waals surface area contributed by atoms with Gasteiger partial charge in [-0.3, -0.25) is 19.3 Å². The summed E-state index contributed by atoms with van der Waals surface area (Å²) < 4.78 is 25.8. The molecule has 2 aromatic carbocycles. The highest BCUT2D eigenvalue weighted by molar-refractivity contribution is 5.98. The van der Waals surface area contributed by atoms with Crippen LogP contribution in [0.5, 0.6) is 5.75 Å². The van der Waals surface area contributed by atoms with Gasteiger partial charge in [0.15, 0.2) is 5.75 Å². The smallest absolute Gasteiger partial charge is 0.410 e. The molecule has 0 spiro atoms. The van der Waals surface area contributed by atoms with E-state index in [1.165, 1.54) is 15.9 Å². The van der Waals surface area contributed by atoms with Crippen LogP contribution in [0.4, 0.5) is 14.0 Å². The zero-order chi connectivity index (χ0) is 38.8. The fourth-order valence-electron chi connectivity index (χ4n) is 7.53. The van der Waals surface area contributed by atoms with Crippen LogP contribution in [0.1, 0.15) is 88.0 Å². The maximum Gasteiger partial charge on any atom is 0.410 e. The molecule has 6 rings (SSSR count). The van der Waals surface area contributed by atoms with Crippen LogP contribution < -0.4 is 21.0 Å². The highest BCUT2D eigenvalue weighted by Crippen LogP contribution is 2.45. The van der Waals surface area contributed by atoms with Gasteiger partial charge in [-0.05, 0) is 95.2 Å². The SMILES string of the molecule is Cc1cc(C)cc(ONC(=O)[C@@]23C[C@H]2C=CCCCCC[C@H](NC(=O)OC(C)(C)C)C(=O)N2C[C@H](OC(=O)N4Cc5cccc(F)c5C4)C[C@H]2C(=O)N3)c1. The Bertz CT molecular complexity index is 1810. The van der Waals surface area contributed by atoms with E-state index in [9.17, 15) is 28.4 Å². The number of fused-ring (bicyclic) bond motifs is 3. The number of amides is 5. The Morgan fingerprint density at radius 3 is 2.50 bits per heavy atom. The molecule has 3 N–H and O–H groups in total. The second kappa shape index (κ2) is 15.7. The number of nitrogens with zero attached hydrogens (tertiary/aromatic N) is 2. The summed E-state index contributed by atoms with van der Waals surface area (Å²) in [6.45, 7) is 9.03. The van der Waals surface area contributed by atoms with Crippen molar-refractivity contribution in [1.82, 2.24) is 25.9 Å². The fraction of sp³-hybridized carbons (Fsp3) is 0.525. The minimum absolute atomic E-state index is 0.0265. The molecule has 0 unspecified atom stereocenters. The molecule has 13 nitrogen and oxygen atoms in total. The lowest BCUT2D eigenvalue weighted by Gasteiger charge is -2.30. The minimum atomic E-state index is -1.35. The molecule has 5 atom stereocenters. The first kappa shape index (κ1) is 38.6. The number of halogens is 1. The van der Waals surface area contributed by atoms with Gasteiger partial charge in [-0.1, -0.05) is 43.2 Å². The molecule has 4 aliphatic rings. The summed E-state index contributed by atoms with van der Waals surface area (Å²) in [5.41, 5.74) is 3.36. The molecule has 1 saturated heterocycles. The van der Waals surface area contributed by atoms with Crippen molar-refractivity contribution in [1.29, 1.82) is 0 Å². The van der Waals surface area contributed by atoms with Crippen LogP contribution in [-0.2, 0) is 36.9 Å². The van der Waals surface area contributed by atoms with Crippen LogP contribution in [0.15, 0.2) is 48.6 Å². The molecule has 1 saturated carbocycles. The normalized spacial score (nSPS) is 25.6. The molecule has 2 aromatic rings. The first-order valence-electron chi connectivity index (χ1n) is 18.7. The van der Waals surface area contributed by atoms with Crippen LogP contribution in [0.25, 0.3) is 0 Å². The molecule has 0 bridgehead atoms. The summed E-state index contributed by atoms with van der Waals surface area (Å²) in [5, 5.41) is 5.65. The van der Waals surface area contributed by atoms with Crippen molar-refractivity contribution >= 4 is 29.9 Å². The predicted molar refractivity (Wildman–Crippen MR) is 195 cm³/mol. The van der Waals surface area contributed by atoms with Gasteiger partial charge in [-0.2, -0.15) is 5.48 Å². The highest BCUT2D eigenvalue weighted by Gasteiger charge is 2.61. The van der Waals surface area contributed by atoms with Crippen molar-refractivity contribution in [3.05, 3.63) is 76.6 Å². The molecule has 290 valence electrons. The van der Waals surface area contributed by atoms with Gasteiger partial charge in [0.2, 0.25) is 11.8 Å². The number of hydrogen-bond donors (Lipinski definition) is 3. The van der Waals surface area contributed by atoms with Crippen molar-refractivity contribution in [3.63, 3.8) is 0 Å². The number of nitrogens with one attached hydrogen (secondary N) is 3. The van der Waals surface area contributed by atoms with E-state index in [0.717, 1.165) is 30.4 Å². The maximum absolute atomic E-state index is 14.5. The third kappa shape index (κ3) is 8.96. The summed E-state index contributed by atoms with van der Waals surface area (Å²) >= 11 is 0. The first-order chi connectivity index (χ1) is 25.6. The number of rotatable bonds is 5. The molecule has 54 heavy (non-hydrogen) atoms. The minimum Gasteiger partial charge on any atom is -0.444 e. The van der Waals surface area contributed by atoms with E-state index in [-0.39, 0.29) is 32.0 Å². The standard InChI is InChI=1S/C40H50FN5O8/c1-24-16-25(2)18-28(17-24)54-44-36(49)40-20-27(40)13-9-7-6-8-10-15-32(42-37(50)53-39(3,4)5)35(48)46-22-29(19-33(46)34(47)43-40)52-38(51)45-21-26-12-11-14-31(41)30(26)23-45/h9,11-14,16-18,27,29,32-33H,6-8,10,15,19-23H2,1-5H3,(H,42,50)(H,43,47)(H,44,49)/t27-,29-,32+,33+,40-/m1/s1. The van der Waals surface area contributed by atoms with Crippen molar-refractivity contribution < 1.29 is 42.7 Å². The van der Waals surface area contributed by atoms with E-state index in [0.29, 0.717) is 36.1 Å². The molecular formula is C40H50FN5O8. The van der Waals surface area contributed by atoms with Gasteiger partial charge in [0, 0.05) is 24.4 Å². The van der Waals surface area contributed by atoms with E-state index in [1.807, 2.05) is 32.1 Å². The first-order valence-corrected chi connectivity index (χ1v) is 18.7. The molecule has 0 radical (unpaired) electrons. The quantitative estimate of drug-likeness (QED) is 0.277. The van der Waals surface area contributed by atoms with E-state index < -0.39 is 65.1 Å². The van der Waals surface area contributed by atoms with Crippen molar-refractivity contribution in [2.45, 2.75) is 122 Å². The Hall–Kier alpha value is -5.14. The Kier molecular flexibility index (Phi) is 11.2. The fourth-order valence-corrected chi connectivity index (χ4v) is 7.53. The van der Waals surface area contributed by atoms with Crippen LogP contribution in [-0.4, -0.2) is 75.6 Å². The lowest BCUT2D eigenvalue weighted by molar-refractivity contribution is -0.142. The van der Waals surface area contributed by atoms with Crippen LogP contribution >= 0.6 is 0 Å². The molecule has 5 amide bonds. The summed E-state index contributed by atoms with van der Waals surface area (Å²) in [7, 11) is 0. The van der Waals surface area contributed by atoms with Crippen LogP contribution in [0.2, 0.25) is 0 Å². The molecule has 2 fully saturated rings. The molecule has 14 heteroatoms. The van der Waals surface area contributed by atoms with Crippen LogP contribution in [0, 0.1) is 25.6 Å². The van der Waals surface area contributed by atoms with Crippen molar-refractivity contribution in [2.24, 2.45) is 5.92 Å². The van der Waals surface area contributed by atoms with Crippen molar-refractivity contribution in [3.8, 4) is 5.75 Å². The van der Waals surface area contributed by atoms with Gasteiger partial charge < -0.3 is 29.8 Å². The number of alkyl carbamates (subject to hydrolysis) is 1. The van der Waals surface area contributed by atoms with Crippen LogP contribution in [0.3, 0.4) is 0 Å². The van der Waals surface area contributed by atoms with E-state index in [4.69, 9.17) is 14.3 Å². The summed E-state index contributed by atoms with van der Waals surface area (Å²) in [6.07, 6.45) is 5.01. The average molecular weight is 748 g/mol. The van der Waals surface area contributed by atoms with Gasteiger partial charge in [-0.15, -0.1) is 0 Å². The number of aryl methyl sites for hydroxylation is 2. The third-order valence-electron chi connectivity index (χ3n) is 10.2. The number of carbonyl (C=O) groups excluding carboxylic acids is 5. The molecule has 3 aliphatic heterocycles. The Balaban J connectivity index is 1.24. The van der Waals surface area contributed by atoms with E-state index in [2.05, 4.69) is 16.1 Å². The highest BCUT2D eigenvalue weighted by atomic mass is 19.1. The third-order valence-corrected chi connectivity index (χ3v) is 10.2.